The van der Waals surface area contributed by atoms with E-state index in [0.29, 0.717) is 23.5 Å². The molecule has 0 amide bonds. The molecule has 3 atom stereocenters. The quantitative estimate of drug-likeness (QED) is 0.688. The van der Waals surface area contributed by atoms with E-state index in [1.54, 1.807) is 0 Å². The standard InChI is InChI=1S/C19H27N3O/c1-22(2)18(20-13-14-7-4-3-5-8-14)21-16-15-9-12-23-17(15)19(16)10-6-11-19/h3-5,7-8,15-17H,6,9-13H2,1-2H3,(H,20,21). The monoisotopic (exact) mass is 313 g/mol. The lowest BCUT2D eigenvalue weighted by atomic mass is 9.46. The maximum absolute atomic E-state index is 6.02. The Morgan fingerprint density at radius 2 is 2.09 bits per heavy atom. The predicted octanol–water partition coefficient (Wildman–Crippen LogP) is 2.65. The van der Waals surface area contributed by atoms with Crippen LogP contribution in [0.4, 0.5) is 0 Å². The lowest BCUT2D eigenvalue weighted by Gasteiger charge is -2.63. The Kier molecular flexibility index (Phi) is 3.80. The van der Waals surface area contributed by atoms with Crippen molar-refractivity contribution in [3.05, 3.63) is 35.9 Å². The molecule has 0 radical (unpaired) electrons. The van der Waals surface area contributed by atoms with Gasteiger partial charge in [0.2, 0.25) is 0 Å². The van der Waals surface area contributed by atoms with Gasteiger partial charge in [-0.15, -0.1) is 0 Å². The molecule has 1 aliphatic heterocycles. The van der Waals surface area contributed by atoms with Gasteiger partial charge in [0.1, 0.15) is 0 Å². The zero-order chi connectivity index (χ0) is 15.9. The smallest absolute Gasteiger partial charge is 0.193 e. The van der Waals surface area contributed by atoms with Gasteiger partial charge in [0.25, 0.3) is 0 Å². The van der Waals surface area contributed by atoms with Gasteiger partial charge in [0, 0.05) is 38.1 Å². The van der Waals surface area contributed by atoms with Crippen LogP contribution in [0.5, 0.6) is 0 Å². The maximum Gasteiger partial charge on any atom is 0.193 e. The van der Waals surface area contributed by atoms with Crippen molar-refractivity contribution in [1.82, 2.24) is 10.2 Å². The highest BCUT2D eigenvalue weighted by Crippen LogP contribution is 2.62. The zero-order valence-electron chi connectivity index (χ0n) is 14.2. The first-order valence-electron chi connectivity index (χ1n) is 8.84. The van der Waals surface area contributed by atoms with Crippen molar-refractivity contribution in [1.29, 1.82) is 0 Å². The van der Waals surface area contributed by atoms with Crippen LogP contribution in [0.15, 0.2) is 35.3 Å². The first-order chi connectivity index (χ1) is 11.2. The Hall–Kier alpha value is -1.55. The number of fused-ring (bicyclic) bond motifs is 2. The summed E-state index contributed by atoms with van der Waals surface area (Å²) in [6.45, 7) is 1.67. The Labute approximate surface area is 138 Å². The van der Waals surface area contributed by atoms with E-state index in [4.69, 9.17) is 9.73 Å². The highest BCUT2D eigenvalue weighted by molar-refractivity contribution is 5.80. The highest BCUT2D eigenvalue weighted by Gasteiger charge is 2.66. The second-order valence-corrected chi connectivity index (χ2v) is 7.47. The first kappa shape index (κ1) is 15.0. The molecule has 1 aromatic rings. The topological polar surface area (TPSA) is 36.9 Å². The number of hydrogen-bond acceptors (Lipinski definition) is 2. The average Bonchev–Trinajstić information content (AvgIpc) is 2.91. The third kappa shape index (κ3) is 2.44. The number of nitrogens with one attached hydrogen (secondary N) is 1. The van der Waals surface area contributed by atoms with Crippen LogP contribution < -0.4 is 5.32 Å². The van der Waals surface area contributed by atoms with Crippen LogP contribution in [0.2, 0.25) is 0 Å². The number of aliphatic imine (C=N–C) groups is 1. The van der Waals surface area contributed by atoms with Crippen LogP contribution in [0.25, 0.3) is 0 Å². The minimum absolute atomic E-state index is 0.394. The largest absolute Gasteiger partial charge is 0.377 e. The Morgan fingerprint density at radius 1 is 1.30 bits per heavy atom. The van der Waals surface area contributed by atoms with E-state index in [-0.39, 0.29) is 0 Å². The summed E-state index contributed by atoms with van der Waals surface area (Å²) >= 11 is 0. The SMILES string of the molecule is CN(C)C(=NCc1ccccc1)NC1C2CCOC2C12CCC2. The van der Waals surface area contributed by atoms with Gasteiger partial charge in [-0.25, -0.2) is 4.99 Å². The molecular weight excluding hydrogens is 286 g/mol. The molecule has 1 saturated heterocycles. The normalized spacial score (nSPS) is 31.2. The lowest BCUT2D eigenvalue weighted by molar-refractivity contribution is -0.171. The summed E-state index contributed by atoms with van der Waals surface area (Å²) < 4.78 is 6.02. The van der Waals surface area contributed by atoms with Crippen LogP contribution in [0.3, 0.4) is 0 Å². The summed E-state index contributed by atoms with van der Waals surface area (Å²) in [5.74, 6) is 1.69. The third-order valence-corrected chi connectivity index (χ3v) is 6.00. The highest BCUT2D eigenvalue weighted by atomic mass is 16.5. The number of guanidine groups is 1. The van der Waals surface area contributed by atoms with Crippen molar-refractivity contribution in [3.63, 3.8) is 0 Å². The van der Waals surface area contributed by atoms with Crippen molar-refractivity contribution in [2.45, 2.75) is 44.4 Å². The van der Waals surface area contributed by atoms with Gasteiger partial charge in [-0.05, 0) is 24.8 Å². The van der Waals surface area contributed by atoms with Gasteiger partial charge in [-0.3, -0.25) is 0 Å². The molecule has 1 heterocycles. The van der Waals surface area contributed by atoms with Crippen molar-refractivity contribution >= 4 is 5.96 Å². The molecule has 0 bridgehead atoms. The Balaban J connectivity index is 1.48. The maximum atomic E-state index is 6.02. The number of benzene rings is 1. The van der Waals surface area contributed by atoms with E-state index in [1.807, 2.05) is 6.07 Å². The van der Waals surface area contributed by atoms with Gasteiger partial charge < -0.3 is 15.0 Å². The van der Waals surface area contributed by atoms with E-state index in [0.717, 1.165) is 19.1 Å². The molecule has 3 fully saturated rings. The number of ether oxygens (including phenoxy) is 1. The van der Waals surface area contributed by atoms with Crippen LogP contribution in [0.1, 0.15) is 31.2 Å². The van der Waals surface area contributed by atoms with Gasteiger partial charge in [0.05, 0.1) is 12.6 Å². The summed E-state index contributed by atoms with van der Waals surface area (Å²) in [5, 5.41) is 3.78. The number of hydrogen-bond donors (Lipinski definition) is 1. The molecule has 3 aliphatic rings. The van der Waals surface area contributed by atoms with E-state index in [1.165, 1.54) is 31.2 Å². The second-order valence-electron chi connectivity index (χ2n) is 7.47. The Bertz CT molecular complexity index is 580. The number of rotatable bonds is 3. The van der Waals surface area contributed by atoms with Gasteiger partial charge in [-0.1, -0.05) is 36.8 Å². The summed E-state index contributed by atoms with van der Waals surface area (Å²) in [4.78, 5) is 6.95. The fourth-order valence-electron chi connectivity index (χ4n) is 4.66. The van der Waals surface area contributed by atoms with Gasteiger partial charge in [-0.2, -0.15) is 0 Å². The summed E-state index contributed by atoms with van der Waals surface area (Å²) in [6.07, 6.45) is 5.68. The number of nitrogens with zero attached hydrogens (tertiary/aromatic N) is 2. The van der Waals surface area contributed by atoms with Crippen LogP contribution in [-0.4, -0.2) is 43.7 Å². The fourth-order valence-corrected chi connectivity index (χ4v) is 4.66. The van der Waals surface area contributed by atoms with Crippen molar-refractivity contribution in [3.8, 4) is 0 Å². The average molecular weight is 313 g/mol. The lowest BCUT2D eigenvalue weighted by Crippen LogP contribution is -2.72. The minimum atomic E-state index is 0.394. The minimum Gasteiger partial charge on any atom is -0.377 e. The molecule has 3 unspecified atom stereocenters. The molecule has 0 aromatic heterocycles. The Morgan fingerprint density at radius 3 is 2.74 bits per heavy atom. The third-order valence-electron chi connectivity index (χ3n) is 6.00. The van der Waals surface area contributed by atoms with E-state index in [2.05, 4.69) is 48.6 Å². The molecule has 2 saturated carbocycles. The van der Waals surface area contributed by atoms with E-state index in [9.17, 15) is 0 Å². The van der Waals surface area contributed by atoms with Crippen LogP contribution in [-0.2, 0) is 11.3 Å². The molecule has 4 nitrogen and oxygen atoms in total. The fraction of sp³-hybridized carbons (Fsp3) is 0.632. The molecule has 2 aliphatic carbocycles. The summed E-state index contributed by atoms with van der Waals surface area (Å²) in [7, 11) is 4.15. The van der Waals surface area contributed by atoms with Crippen LogP contribution in [0, 0.1) is 11.3 Å². The molecule has 1 N–H and O–H groups in total. The van der Waals surface area contributed by atoms with Crippen LogP contribution >= 0.6 is 0 Å². The molecule has 23 heavy (non-hydrogen) atoms. The van der Waals surface area contributed by atoms with Crippen molar-refractivity contribution in [2.24, 2.45) is 16.3 Å². The molecular formula is C19H27N3O. The summed E-state index contributed by atoms with van der Waals surface area (Å²) in [5.41, 5.74) is 1.65. The summed E-state index contributed by atoms with van der Waals surface area (Å²) in [6, 6.07) is 11.0. The molecule has 4 heteroatoms. The molecule has 1 spiro atoms. The first-order valence-corrected chi connectivity index (χ1v) is 8.84. The predicted molar refractivity (Wildman–Crippen MR) is 92.3 cm³/mol. The molecule has 4 rings (SSSR count). The molecule has 1 aromatic carbocycles. The van der Waals surface area contributed by atoms with Gasteiger partial charge >= 0.3 is 0 Å². The van der Waals surface area contributed by atoms with E-state index < -0.39 is 0 Å². The van der Waals surface area contributed by atoms with Gasteiger partial charge in [0.15, 0.2) is 5.96 Å². The second kappa shape index (κ2) is 5.82. The van der Waals surface area contributed by atoms with Crippen molar-refractivity contribution in [2.75, 3.05) is 20.7 Å². The van der Waals surface area contributed by atoms with Crippen molar-refractivity contribution < 1.29 is 4.74 Å². The zero-order valence-corrected chi connectivity index (χ0v) is 14.2. The van der Waals surface area contributed by atoms with E-state index >= 15 is 0 Å². The molecule has 124 valence electrons.